The van der Waals surface area contributed by atoms with Crippen molar-refractivity contribution in [2.75, 3.05) is 11.9 Å². The van der Waals surface area contributed by atoms with Crippen molar-refractivity contribution < 1.29 is 18.0 Å². The topological polar surface area (TPSA) is 83.9 Å². The summed E-state index contributed by atoms with van der Waals surface area (Å²) in [5.41, 5.74) is 0.812. The van der Waals surface area contributed by atoms with Crippen molar-refractivity contribution in [1.29, 1.82) is 0 Å². The monoisotopic (exact) mass is 468 g/mol. The molecule has 1 amide bonds. The zero-order chi connectivity index (χ0) is 23.9. The molecule has 1 saturated carbocycles. The van der Waals surface area contributed by atoms with Crippen LogP contribution in [-0.4, -0.2) is 49.4 Å². The van der Waals surface area contributed by atoms with Crippen molar-refractivity contribution in [1.82, 2.24) is 24.8 Å². The van der Waals surface area contributed by atoms with E-state index in [-0.39, 0.29) is 18.0 Å². The molecule has 0 spiro atoms. The Morgan fingerprint density at radius 3 is 2.56 bits per heavy atom. The number of pyridine rings is 2. The summed E-state index contributed by atoms with van der Waals surface area (Å²) in [5, 5.41) is 3.27. The van der Waals surface area contributed by atoms with Crippen LogP contribution in [0.3, 0.4) is 0 Å². The molecule has 0 aromatic carbocycles. The predicted molar refractivity (Wildman–Crippen MR) is 119 cm³/mol. The van der Waals surface area contributed by atoms with Crippen LogP contribution in [0.4, 0.5) is 19.0 Å². The molecular weight excluding hydrogens is 445 g/mol. The van der Waals surface area contributed by atoms with Crippen molar-refractivity contribution in [2.24, 2.45) is 5.92 Å². The lowest BCUT2D eigenvalue weighted by atomic mass is 9.76. The highest BCUT2D eigenvalue weighted by molar-refractivity contribution is 5.98. The summed E-state index contributed by atoms with van der Waals surface area (Å²) in [6, 6.07) is 7.48. The van der Waals surface area contributed by atoms with E-state index < -0.39 is 11.7 Å². The Kier molecular flexibility index (Phi) is 5.66. The minimum atomic E-state index is -4.43. The average molecular weight is 468 g/mol. The minimum Gasteiger partial charge on any atom is -0.365 e. The predicted octanol–water partition coefficient (Wildman–Crippen LogP) is 4.37. The third kappa shape index (κ3) is 4.32. The molecule has 3 fully saturated rings. The van der Waals surface area contributed by atoms with Gasteiger partial charge in [-0.2, -0.15) is 13.2 Å². The molecule has 3 aromatic rings. The first kappa shape index (κ1) is 22.2. The Balaban J connectivity index is 1.40. The summed E-state index contributed by atoms with van der Waals surface area (Å²) in [5.74, 6) is 0.906. The molecule has 0 radical (unpaired) electrons. The van der Waals surface area contributed by atoms with Crippen LogP contribution in [0, 0.1) is 12.8 Å². The number of alkyl halides is 3. The van der Waals surface area contributed by atoms with Gasteiger partial charge in [-0.15, -0.1) is 0 Å². The third-order valence-electron chi connectivity index (χ3n) is 6.51. The third-order valence-corrected chi connectivity index (χ3v) is 6.51. The maximum absolute atomic E-state index is 13.7. The fraction of sp³-hybridized carbons (Fsp3) is 0.375. The lowest BCUT2D eigenvalue weighted by molar-refractivity contribution is -0.137. The van der Waals surface area contributed by atoms with Crippen LogP contribution in [0.5, 0.6) is 0 Å². The highest BCUT2D eigenvalue weighted by Crippen LogP contribution is 2.38. The van der Waals surface area contributed by atoms with Crippen molar-refractivity contribution in [3.8, 4) is 11.4 Å². The van der Waals surface area contributed by atoms with E-state index in [0.717, 1.165) is 31.5 Å². The molecule has 6 rings (SSSR count). The number of piperidine rings is 2. The van der Waals surface area contributed by atoms with Gasteiger partial charge in [0.15, 0.2) is 5.82 Å². The molecule has 1 aliphatic carbocycles. The lowest BCUT2D eigenvalue weighted by Gasteiger charge is -2.50. The first-order valence-electron chi connectivity index (χ1n) is 11.2. The Hall–Kier alpha value is -3.56. The van der Waals surface area contributed by atoms with E-state index in [9.17, 15) is 18.0 Å². The number of nitrogens with one attached hydrogen (secondary N) is 1. The molecule has 10 heteroatoms. The molecule has 7 nitrogen and oxygen atoms in total. The highest BCUT2D eigenvalue weighted by Gasteiger charge is 2.44. The van der Waals surface area contributed by atoms with Crippen LogP contribution in [0.15, 0.2) is 48.9 Å². The van der Waals surface area contributed by atoms with E-state index in [4.69, 9.17) is 0 Å². The molecule has 3 atom stereocenters. The SMILES string of the molecule is Cc1ccc(-c2ncccn2)c(C(=O)N2C[C@H]3CC[C@H]2[C@H](Nc2ccc(C(F)(F)F)cn2)C3)n1. The van der Waals surface area contributed by atoms with Crippen LogP contribution >= 0.6 is 0 Å². The standard InChI is InChI=1S/C24H23F3N6O/c1-14-3-6-17(22-28-9-2-10-29-22)21(31-14)23(34)33-13-15-4-7-19(33)18(11-15)32-20-8-5-16(12-30-20)24(25,26)27/h2-3,5-6,8-10,12,15,18-19H,4,7,11,13H2,1H3,(H,30,32)/t15-,18+,19-/m0/s1. The minimum absolute atomic E-state index is 0.109. The van der Waals surface area contributed by atoms with Gasteiger partial charge < -0.3 is 10.2 Å². The van der Waals surface area contributed by atoms with Gasteiger partial charge >= 0.3 is 6.18 Å². The molecule has 176 valence electrons. The average Bonchev–Trinajstić information content (AvgIpc) is 2.84. The van der Waals surface area contributed by atoms with E-state index in [1.807, 2.05) is 24.0 Å². The van der Waals surface area contributed by atoms with Crippen molar-refractivity contribution in [3.63, 3.8) is 0 Å². The number of aromatic nitrogens is 4. The molecule has 2 aliphatic heterocycles. The van der Waals surface area contributed by atoms with E-state index in [0.29, 0.717) is 41.1 Å². The van der Waals surface area contributed by atoms with Gasteiger partial charge in [0.2, 0.25) is 0 Å². The maximum atomic E-state index is 13.7. The molecule has 2 saturated heterocycles. The molecule has 0 unspecified atom stereocenters. The van der Waals surface area contributed by atoms with Gasteiger partial charge in [-0.3, -0.25) is 4.79 Å². The number of halogens is 3. The number of hydrogen-bond donors (Lipinski definition) is 1. The Morgan fingerprint density at radius 2 is 1.88 bits per heavy atom. The van der Waals surface area contributed by atoms with Crippen molar-refractivity contribution in [2.45, 2.75) is 44.4 Å². The van der Waals surface area contributed by atoms with E-state index in [2.05, 4.69) is 25.3 Å². The Bertz CT molecular complexity index is 1190. The molecule has 1 N–H and O–H groups in total. The fourth-order valence-electron chi connectivity index (χ4n) is 4.89. The smallest absolute Gasteiger partial charge is 0.365 e. The lowest BCUT2D eigenvalue weighted by Crippen LogP contribution is -2.60. The number of carbonyl (C=O) groups excluding carboxylic acids is 1. The van der Waals surface area contributed by atoms with Crippen LogP contribution in [0.25, 0.3) is 11.4 Å². The maximum Gasteiger partial charge on any atom is 0.417 e. The molecule has 2 bridgehead atoms. The Labute approximate surface area is 194 Å². The van der Waals surface area contributed by atoms with Gasteiger partial charge in [-0.25, -0.2) is 19.9 Å². The number of carbonyl (C=O) groups is 1. The number of nitrogens with zero attached hydrogens (tertiary/aromatic N) is 5. The van der Waals surface area contributed by atoms with Crippen LogP contribution < -0.4 is 5.32 Å². The molecule has 3 aromatic heterocycles. The number of fused-ring (bicyclic) bond motifs is 3. The Morgan fingerprint density at radius 1 is 1.09 bits per heavy atom. The van der Waals surface area contributed by atoms with Crippen LogP contribution in [0.1, 0.15) is 41.0 Å². The second-order valence-electron chi connectivity index (χ2n) is 8.81. The van der Waals surface area contributed by atoms with E-state index in [1.165, 1.54) is 6.07 Å². The van der Waals surface area contributed by atoms with Gasteiger partial charge in [-0.05, 0) is 62.4 Å². The number of aryl methyl sites for hydroxylation is 1. The second-order valence-corrected chi connectivity index (χ2v) is 8.81. The summed E-state index contributed by atoms with van der Waals surface area (Å²) in [6.07, 6.45) is 2.27. The van der Waals surface area contributed by atoms with Crippen molar-refractivity contribution in [3.05, 3.63) is 65.9 Å². The summed E-state index contributed by atoms with van der Waals surface area (Å²) >= 11 is 0. The van der Waals surface area contributed by atoms with Gasteiger partial charge in [0.25, 0.3) is 5.91 Å². The summed E-state index contributed by atoms with van der Waals surface area (Å²) in [6.45, 7) is 2.45. The zero-order valence-corrected chi connectivity index (χ0v) is 18.5. The number of hydrogen-bond acceptors (Lipinski definition) is 6. The quantitative estimate of drug-likeness (QED) is 0.612. The van der Waals surface area contributed by atoms with Gasteiger partial charge in [0.1, 0.15) is 11.5 Å². The summed E-state index contributed by atoms with van der Waals surface area (Å²) in [7, 11) is 0. The molecule has 34 heavy (non-hydrogen) atoms. The number of amides is 1. The first-order valence-corrected chi connectivity index (χ1v) is 11.2. The van der Waals surface area contributed by atoms with Gasteiger partial charge in [-0.1, -0.05) is 0 Å². The summed E-state index contributed by atoms with van der Waals surface area (Å²) in [4.78, 5) is 32.6. The van der Waals surface area contributed by atoms with Crippen LogP contribution in [0.2, 0.25) is 0 Å². The molecule has 5 heterocycles. The van der Waals surface area contributed by atoms with E-state index in [1.54, 1.807) is 18.5 Å². The largest absolute Gasteiger partial charge is 0.417 e. The van der Waals surface area contributed by atoms with Crippen molar-refractivity contribution >= 4 is 11.7 Å². The zero-order valence-electron chi connectivity index (χ0n) is 18.5. The second kappa shape index (κ2) is 8.66. The van der Waals surface area contributed by atoms with Gasteiger partial charge in [0.05, 0.1) is 17.2 Å². The van der Waals surface area contributed by atoms with E-state index >= 15 is 0 Å². The summed E-state index contributed by atoms with van der Waals surface area (Å²) < 4.78 is 38.6. The van der Waals surface area contributed by atoms with Gasteiger partial charge in [0, 0.05) is 36.9 Å². The molecule has 3 aliphatic rings. The normalized spacial score (nSPS) is 22.0. The highest BCUT2D eigenvalue weighted by atomic mass is 19.4. The first-order chi connectivity index (χ1) is 16.3. The fourth-order valence-corrected chi connectivity index (χ4v) is 4.89. The number of anilines is 1. The molecular formula is C24H23F3N6O. The van der Waals surface area contributed by atoms with Crippen LogP contribution in [-0.2, 0) is 6.18 Å². The number of rotatable bonds is 4.